The van der Waals surface area contributed by atoms with Crippen LogP contribution in [0.3, 0.4) is 0 Å². The topological polar surface area (TPSA) is 74.9 Å². The molecule has 0 amide bonds. The molecular weight excluding hydrogens is 270 g/mol. The fraction of sp³-hybridized carbons (Fsp3) is 0.400. The average Bonchev–Trinajstić information content (AvgIpc) is 2.80. The Hall–Kier alpha value is -2.21. The van der Waals surface area contributed by atoms with Crippen LogP contribution in [0.25, 0.3) is 5.65 Å². The number of aliphatic carboxylic acids is 1. The summed E-state index contributed by atoms with van der Waals surface area (Å²) in [7, 11) is 0. The van der Waals surface area contributed by atoms with Gasteiger partial charge in [0.05, 0.1) is 5.69 Å². The van der Waals surface area contributed by atoms with Crippen LogP contribution in [-0.2, 0) is 11.3 Å². The van der Waals surface area contributed by atoms with Crippen molar-refractivity contribution >= 4 is 11.6 Å². The molecule has 1 fully saturated rings. The van der Waals surface area contributed by atoms with Crippen molar-refractivity contribution in [3.63, 3.8) is 0 Å². The summed E-state index contributed by atoms with van der Waals surface area (Å²) in [5, 5.41) is 9.33. The zero-order valence-electron chi connectivity index (χ0n) is 11.8. The van der Waals surface area contributed by atoms with E-state index in [0.717, 1.165) is 6.42 Å². The van der Waals surface area contributed by atoms with Gasteiger partial charge in [-0.15, -0.1) is 0 Å². The second-order valence-corrected chi connectivity index (χ2v) is 5.53. The minimum Gasteiger partial charge on any atom is -0.480 e. The monoisotopic (exact) mass is 287 g/mol. The molecule has 1 aliphatic rings. The molecular formula is C15H17N3O3. The summed E-state index contributed by atoms with van der Waals surface area (Å²) in [6.07, 6.45) is 2.52. The SMILES string of the molecule is CC1CCN(Cc2cc(=O)n3ccccc3n2)C1C(=O)O. The molecule has 21 heavy (non-hydrogen) atoms. The van der Waals surface area contributed by atoms with Crippen LogP contribution in [0, 0.1) is 5.92 Å². The summed E-state index contributed by atoms with van der Waals surface area (Å²) >= 11 is 0. The number of hydrogen-bond acceptors (Lipinski definition) is 4. The molecule has 0 spiro atoms. The molecule has 2 unspecified atom stereocenters. The molecule has 1 saturated heterocycles. The first-order valence-corrected chi connectivity index (χ1v) is 7.00. The van der Waals surface area contributed by atoms with E-state index >= 15 is 0 Å². The second-order valence-electron chi connectivity index (χ2n) is 5.53. The van der Waals surface area contributed by atoms with Crippen LogP contribution in [-0.4, -0.2) is 37.9 Å². The van der Waals surface area contributed by atoms with Gasteiger partial charge in [0.25, 0.3) is 5.56 Å². The highest BCUT2D eigenvalue weighted by Gasteiger charge is 2.36. The molecule has 3 rings (SSSR count). The molecule has 3 heterocycles. The Morgan fingerprint density at radius 3 is 3.05 bits per heavy atom. The number of nitrogens with zero attached hydrogens (tertiary/aromatic N) is 3. The molecule has 0 saturated carbocycles. The summed E-state index contributed by atoms with van der Waals surface area (Å²) < 4.78 is 1.48. The summed E-state index contributed by atoms with van der Waals surface area (Å²) in [6.45, 7) is 3.05. The molecule has 0 aromatic carbocycles. The first-order valence-electron chi connectivity index (χ1n) is 7.00. The van der Waals surface area contributed by atoms with E-state index in [4.69, 9.17) is 0 Å². The van der Waals surface area contributed by atoms with Crippen molar-refractivity contribution in [2.24, 2.45) is 5.92 Å². The largest absolute Gasteiger partial charge is 0.480 e. The minimum absolute atomic E-state index is 0.115. The standard InChI is InChI=1S/C15H17N3O3/c1-10-5-7-17(14(10)15(20)21)9-11-8-13(19)18-6-3-2-4-12(18)16-11/h2-4,6,8,10,14H,5,7,9H2,1H3,(H,20,21). The maximum atomic E-state index is 12.0. The fourth-order valence-corrected chi connectivity index (χ4v) is 3.00. The van der Waals surface area contributed by atoms with Gasteiger partial charge in [-0.1, -0.05) is 13.0 Å². The van der Waals surface area contributed by atoms with Crippen molar-refractivity contribution in [1.82, 2.24) is 14.3 Å². The lowest BCUT2D eigenvalue weighted by Crippen LogP contribution is -2.38. The lowest BCUT2D eigenvalue weighted by atomic mass is 10.0. The Morgan fingerprint density at radius 2 is 2.29 bits per heavy atom. The number of fused-ring (bicyclic) bond motifs is 1. The Balaban J connectivity index is 1.92. The molecule has 2 aromatic rings. The lowest BCUT2D eigenvalue weighted by Gasteiger charge is -2.22. The van der Waals surface area contributed by atoms with E-state index < -0.39 is 12.0 Å². The highest BCUT2D eigenvalue weighted by Crippen LogP contribution is 2.25. The van der Waals surface area contributed by atoms with Crippen molar-refractivity contribution in [2.75, 3.05) is 6.54 Å². The van der Waals surface area contributed by atoms with Crippen LogP contribution >= 0.6 is 0 Å². The molecule has 1 N–H and O–H groups in total. The Bertz CT molecular complexity index is 740. The number of carboxylic acid groups (broad SMARTS) is 1. The van der Waals surface area contributed by atoms with Gasteiger partial charge in [0.1, 0.15) is 11.7 Å². The number of rotatable bonds is 3. The van der Waals surface area contributed by atoms with E-state index in [1.807, 2.05) is 17.9 Å². The third kappa shape index (κ3) is 2.54. The Labute approximate surface area is 121 Å². The van der Waals surface area contributed by atoms with Crippen LogP contribution in [0.1, 0.15) is 19.0 Å². The molecule has 1 aliphatic heterocycles. The maximum absolute atomic E-state index is 12.0. The normalized spacial score (nSPS) is 22.7. The van der Waals surface area contributed by atoms with E-state index in [1.54, 1.807) is 18.3 Å². The highest BCUT2D eigenvalue weighted by atomic mass is 16.4. The van der Waals surface area contributed by atoms with Gasteiger partial charge in [0, 0.05) is 18.8 Å². The maximum Gasteiger partial charge on any atom is 0.321 e. The minimum atomic E-state index is -0.808. The second kappa shape index (κ2) is 5.29. The predicted octanol–water partition coefficient (Wildman–Crippen LogP) is 0.990. The average molecular weight is 287 g/mol. The first kappa shape index (κ1) is 13.8. The highest BCUT2D eigenvalue weighted by molar-refractivity contribution is 5.74. The number of likely N-dealkylation sites (tertiary alicyclic amines) is 1. The number of carbonyl (C=O) groups is 1. The molecule has 0 radical (unpaired) electrons. The molecule has 2 aromatic heterocycles. The zero-order chi connectivity index (χ0) is 15.0. The van der Waals surface area contributed by atoms with Crippen LogP contribution in [0.15, 0.2) is 35.3 Å². The van der Waals surface area contributed by atoms with Crippen LogP contribution < -0.4 is 5.56 Å². The van der Waals surface area contributed by atoms with Crippen LogP contribution in [0.4, 0.5) is 0 Å². The van der Waals surface area contributed by atoms with E-state index in [9.17, 15) is 14.7 Å². The van der Waals surface area contributed by atoms with Gasteiger partial charge in [-0.05, 0) is 31.0 Å². The zero-order valence-corrected chi connectivity index (χ0v) is 11.8. The van der Waals surface area contributed by atoms with Gasteiger partial charge in [-0.25, -0.2) is 4.98 Å². The van der Waals surface area contributed by atoms with Crippen LogP contribution in [0.5, 0.6) is 0 Å². The van der Waals surface area contributed by atoms with Crippen molar-refractivity contribution in [3.8, 4) is 0 Å². The summed E-state index contributed by atoms with van der Waals surface area (Å²) in [5.41, 5.74) is 1.06. The predicted molar refractivity (Wildman–Crippen MR) is 77.1 cm³/mol. The van der Waals surface area contributed by atoms with E-state index in [0.29, 0.717) is 24.4 Å². The number of carboxylic acids is 1. The number of aromatic nitrogens is 2. The summed E-state index contributed by atoms with van der Waals surface area (Å²) in [5.74, 6) is -0.693. The smallest absolute Gasteiger partial charge is 0.321 e. The van der Waals surface area contributed by atoms with Crippen molar-refractivity contribution < 1.29 is 9.90 Å². The molecule has 6 nitrogen and oxygen atoms in total. The Kier molecular flexibility index (Phi) is 3.47. The van der Waals surface area contributed by atoms with Crippen molar-refractivity contribution in [1.29, 1.82) is 0 Å². The number of pyridine rings is 1. The van der Waals surface area contributed by atoms with E-state index in [2.05, 4.69) is 4.98 Å². The summed E-state index contributed by atoms with van der Waals surface area (Å²) in [6, 6.07) is 6.35. The Morgan fingerprint density at radius 1 is 1.48 bits per heavy atom. The first-order chi connectivity index (χ1) is 10.1. The molecule has 6 heteroatoms. The van der Waals surface area contributed by atoms with Gasteiger partial charge >= 0.3 is 5.97 Å². The molecule has 2 atom stereocenters. The van der Waals surface area contributed by atoms with Gasteiger partial charge < -0.3 is 5.11 Å². The van der Waals surface area contributed by atoms with Gasteiger partial charge in [-0.3, -0.25) is 18.9 Å². The molecule has 0 aliphatic carbocycles. The van der Waals surface area contributed by atoms with Gasteiger partial charge in [-0.2, -0.15) is 0 Å². The third-order valence-electron chi connectivity index (χ3n) is 4.05. The van der Waals surface area contributed by atoms with Crippen molar-refractivity contribution in [3.05, 3.63) is 46.5 Å². The van der Waals surface area contributed by atoms with Crippen molar-refractivity contribution in [2.45, 2.75) is 25.9 Å². The van der Waals surface area contributed by atoms with Gasteiger partial charge in [0.15, 0.2) is 0 Å². The number of hydrogen-bond donors (Lipinski definition) is 1. The van der Waals surface area contributed by atoms with Crippen LogP contribution in [0.2, 0.25) is 0 Å². The molecule has 110 valence electrons. The lowest BCUT2D eigenvalue weighted by molar-refractivity contribution is -0.143. The quantitative estimate of drug-likeness (QED) is 0.911. The van der Waals surface area contributed by atoms with E-state index in [-0.39, 0.29) is 11.5 Å². The van der Waals surface area contributed by atoms with E-state index in [1.165, 1.54) is 10.5 Å². The molecule has 0 bridgehead atoms. The van der Waals surface area contributed by atoms with Gasteiger partial charge in [0.2, 0.25) is 0 Å². The summed E-state index contributed by atoms with van der Waals surface area (Å²) in [4.78, 5) is 29.7. The fourth-order valence-electron chi connectivity index (χ4n) is 3.00. The third-order valence-corrected chi connectivity index (χ3v) is 4.05.